The lowest BCUT2D eigenvalue weighted by Gasteiger charge is -2.03. The molecule has 0 saturated heterocycles. The van der Waals surface area contributed by atoms with Gasteiger partial charge in [-0.3, -0.25) is 9.97 Å². The van der Waals surface area contributed by atoms with Crippen molar-refractivity contribution in [3.63, 3.8) is 0 Å². The quantitative estimate of drug-likeness (QED) is 0.774. The Labute approximate surface area is 83.0 Å². The van der Waals surface area contributed by atoms with Crippen LogP contribution >= 0.6 is 0 Å². The van der Waals surface area contributed by atoms with Gasteiger partial charge in [-0.1, -0.05) is 6.07 Å². The van der Waals surface area contributed by atoms with Crippen LogP contribution in [0.3, 0.4) is 0 Å². The molecule has 0 atom stereocenters. The Balaban J connectivity index is 2.60. The van der Waals surface area contributed by atoms with Gasteiger partial charge in [0, 0.05) is 23.7 Å². The van der Waals surface area contributed by atoms with Crippen LogP contribution in [-0.2, 0) is 6.42 Å². The molecule has 0 aromatic carbocycles. The van der Waals surface area contributed by atoms with E-state index in [1.54, 1.807) is 6.20 Å². The van der Waals surface area contributed by atoms with E-state index in [1.807, 2.05) is 13.0 Å². The molecular formula is C11H13N3. The van der Waals surface area contributed by atoms with Crippen molar-refractivity contribution < 1.29 is 0 Å². The van der Waals surface area contributed by atoms with Crippen LogP contribution in [0.4, 0.5) is 0 Å². The molecule has 3 nitrogen and oxygen atoms in total. The molecule has 0 bridgehead atoms. The molecule has 0 aliphatic carbocycles. The van der Waals surface area contributed by atoms with Crippen LogP contribution in [0.5, 0.6) is 0 Å². The Bertz CT molecular complexity index is 451. The monoisotopic (exact) mass is 187 g/mol. The van der Waals surface area contributed by atoms with E-state index in [2.05, 4.69) is 22.1 Å². The summed E-state index contributed by atoms with van der Waals surface area (Å²) in [5.41, 5.74) is 8.50. The molecule has 72 valence electrons. The average Bonchev–Trinajstić information content (AvgIpc) is 2.18. The number of pyridine rings is 2. The van der Waals surface area contributed by atoms with Crippen LogP contribution in [0, 0.1) is 6.92 Å². The molecule has 2 N–H and O–H groups in total. The van der Waals surface area contributed by atoms with Gasteiger partial charge in [0.2, 0.25) is 0 Å². The summed E-state index contributed by atoms with van der Waals surface area (Å²) in [5, 5.41) is 1.14. The minimum absolute atomic E-state index is 0.637. The lowest BCUT2D eigenvalue weighted by molar-refractivity contribution is 0.917. The summed E-state index contributed by atoms with van der Waals surface area (Å²) >= 11 is 0. The molecule has 0 spiro atoms. The van der Waals surface area contributed by atoms with E-state index >= 15 is 0 Å². The first-order chi connectivity index (χ1) is 6.81. The van der Waals surface area contributed by atoms with Gasteiger partial charge in [-0.25, -0.2) is 0 Å². The first-order valence-electron chi connectivity index (χ1n) is 4.72. The van der Waals surface area contributed by atoms with Crippen molar-refractivity contribution in [2.45, 2.75) is 13.3 Å². The maximum atomic E-state index is 5.50. The molecule has 0 saturated carbocycles. The van der Waals surface area contributed by atoms with Gasteiger partial charge in [-0.2, -0.15) is 0 Å². The lowest BCUT2D eigenvalue weighted by atomic mass is 10.1. The fraction of sp³-hybridized carbons (Fsp3) is 0.273. The largest absolute Gasteiger partial charge is 0.330 e. The molecule has 0 aliphatic rings. The maximum absolute atomic E-state index is 5.50. The van der Waals surface area contributed by atoms with Gasteiger partial charge in [0.25, 0.3) is 0 Å². The Morgan fingerprint density at radius 3 is 3.07 bits per heavy atom. The summed E-state index contributed by atoms with van der Waals surface area (Å²) in [6, 6.07) is 6.05. The van der Waals surface area contributed by atoms with Crippen LogP contribution in [-0.4, -0.2) is 16.5 Å². The normalized spacial score (nSPS) is 10.7. The highest BCUT2D eigenvalue weighted by molar-refractivity contribution is 5.80. The number of hydrogen-bond donors (Lipinski definition) is 1. The second-order valence-corrected chi connectivity index (χ2v) is 3.31. The van der Waals surface area contributed by atoms with Gasteiger partial charge in [0.1, 0.15) is 0 Å². The highest BCUT2D eigenvalue weighted by Crippen LogP contribution is 2.15. The van der Waals surface area contributed by atoms with E-state index in [0.717, 1.165) is 28.7 Å². The van der Waals surface area contributed by atoms with Crippen molar-refractivity contribution in [1.29, 1.82) is 0 Å². The zero-order valence-corrected chi connectivity index (χ0v) is 8.20. The van der Waals surface area contributed by atoms with Crippen molar-refractivity contribution in [2.24, 2.45) is 5.73 Å². The van der Waals surface area contributed by atoms with Gasteiger partial charge in [0.05, 0.1) is 11.2 Å². The molecule has 3 heteroatoms. The molecule has 2 heterocycles. The number of hydrogen-bond acceptors (Lipinski definition) is 3. The second-order valence-electron chi connectivity index (χ2n) is 3.31. The number of aryl methyl sites for hydroxylation is 1. The molecule has 0 unspecified atom stereocenters. The standard InChI is InChI=1S/C11H13N3/c1-8-11-9(3-2-6-13-11)7-10(14-8)4-5-12/h2-3,6-7H,4-5,12H2,1H3. The van der Waals surface area contributed by atoms with E-state index < -0.39 is 0 Å². The van der Waals surface area contributed by atoms with Crippen molar-refractivity contribution in [3.05, 3.63) is 35.8 Å². The summed E-state index contributed by atoms with van der Waals surface area (Å²) in [5.74, 6) is 0. The van der Waals surface area contributed by atoms with Crippen LogP contribution in [0.25, 0.3) is 10.9 Å². The predicted molar refractivity (Wildman–Crippen MR) is 57.0 cm³/mol. The van der Waals surface area contributed by atoms with Crippen molar-refractivity contribution >= 4 is 10.9 Å². The Morgan fingerprint density at radius 2 is 2.29 bits per heavy atom. The summed E-state index contributed by atoms with van der Waals surface area (Å²) in [7, 11) is 0. The fourth-order valence-corrected chi connectivity index (χ4v) is 1.59. The number of fused-ring (bicyclic) bond motifs is 1. The molecular weight excluding hydrogens is 174 g/mol. The minimum Gasteiger partial charge on any atom is -0.330 e. The minimum atomic E-state index is 0.637. The van der Waals surface area contributed by atoms with Gasteiger partial charge in [-0.15, -0.1) is 0 Å². The molecule has 0 aliphatic heterocycles. The fourth-order valence-electron chi connectivity index (χ4n) is 1.59. The van der Waals surface area contributed by atoms with Crippen molar-refractivity contribution in [2.75, 3.05) is 6.54 Å². The molecule has 0 amide bonds. The first-order valence-corrected chi connectivity index (χ1v) is 4.72. The number of rotatable bonds is 2. The highest BCUT2D eigenvalue weighted by atomic mass is 14.8. The lowest BCUT2D eigenvalue weighted by Crippen LogP contribution is -2.05. The topological polar surface area (TPSA) is 51.8 Å². The molecule has 0 fully saturated rings. The van der Waals surface area contributed by atoms with Crippen molar-refractivity contribution in [1.82, 2.24) is 9.97 Å². The third-order valence-electron chi connectivity index (χ3n) is 2.22. The van der Waals surface area contributed by atoms with E-state index in [-0.39, 0.29) is 0 Å². The third-order valence-corrected chi connectivity index (χ3v) is 2.22. The van der Waals surface area contributed by atoms with Gasteiger partial charge >= 0.3 is 0 Å². The van der Waals surface area contributed by atoms with Crippen LogP contribution in [0.2, 0.25) is 0 Å². The Hall–Kier alpha value is -1.48. The first kappa shape index (κ1) is 9.09. The SMILES string of the molecule is Cc1nc(CCN)cc2cccnc12. The average molecular weight is 187 g/mol. The molecule has 2 rings (SSSR count). The number of aromatic nitrogens is 2. The van der Waals surface area contributed by atoms with Crippen LogP contribution in [0.1, 0.15) is 11.4 Å². The summed E-state index contributed by atoms with van der Waals surface area (Å²) < 4.78 is 0. The maximum Gasteiger partial charge on any atom is 0.0914 e. The van der Waals surface area contributed by atoms with E-state index in [1.165, 1.54) is 0 Å². The molecule has 2 aromatic heterocycles. The summed E-state index contributed by atoms with van der Waals surface area (Å²) in [4.78, 5) is 8.74. The summed E-state index contributed by atoms with van der Waals surface area (Å²) in [6.45, 7) is 2.62. The van der Waals surface area contributed by atoms with E-state index in [9.17, 15) is 0 Å². The number of nitrogens with two attached hydrogens (primary N) is 1. The third kappa shape index (κ3) is 1.59. The number of nitrogens with zero attached hydrogens (tertiary/aromatic N) is 2. The smallest absolute Gasteiger partial charge is 0.0914 e. The van der Waals surface area contributed by atoms with E-state index in [4.69, 9.17) is 5.73 Å². The zero-order valence-electron chi connectivity index (χ0n) is 8.20. The van der Waals surface area contributed by atoms with Crippen LogP contribution < -0.4 is 5.73 Å². The summed E-state index contributed by atoms with van der Waals surface area (Å²) in [6.07, 6.45) is 2.62. The second kappa shape index (κ2) is 3.72. The molecule has 14 heavy (non-hydrogen) atoms. The predicted octanol–water partition coefficient (Wildman–Crippen LogP) is 1.44. The van der Waals surface area contributed by atoms with Gasteiger partial charge in [-0.05, 0) is 25.6 Å². The van der Waals surface area contributed by atoms with Gasteiger partial charge in [0.15, 0.2) is 0 Å². The van der Waals surface area contributed by atoms with Gasteiger partial charge < -0.3 is 5.73 Å². The zero-order chi connectivity index (χ0) is 9.97. The highest BCUT2D eigenvalue weighted by Gasteiger charge is 2.01. The van der Waals surface area contributed by atoms with Crippen LogP contribution in [0.15, 0.2) is 24.4 Å². The van der Waals surface area contributed by atoms with E-state index in [0.29, 0.717) is 6.54 Å². The Kier molecular flexibility index (Phi) is 2.41. The molecule has 0 radical (unpaired) electrons. The van der Waals surface area contributed by atoms with Crippen molar-refractivity contribution in [3.8, 4) is 0 Å². The Morgan fingerprint density at radius 1 is 1.43 bits per heavy atom. The molecule has 2 aromatic rings.